The summed E-state index contributed by atoms with van der Waals surface area (Å²) in [6.07, 6.45) is 3.58. The number of ether oxygens (including phenoxy) is 1. The molecule has 1 saturated heterocycles. The molecule has 0 spiro atoms. The lowest BCUT2D eigenvalue weighted by atomic mass is 10.1. The average molecular weight is 440 g/mol. The Bertz CT molecular complexity index is 979. The minimum atomic E-state index is -3.92. The number of anilines is 1. The SMILES string of the molecule is COc1cc(CNC2=CN(C(C)=O)CCC2)cc(P)c1N1CC(=O)N(C)S1(=O)=O. The number of hydrogen-bond acceptors (Lipinski definition) is 6. The molecule has 0 aliphatic carbocycles. The fourth-order valence-electron chi connectivity index (χ4n) is 3.34. The van der Waals surface area contributed by atoms with Crippen LogP contribution in [0.15, 0.2) is 24.0 Å². The van der Waals surface area contributed by atoms with Crippen molar-refractivity contribution < 1.29 is 22.7 Å². The number of amides is 2. The van der Waals surface area contributed by atoms with E-state index in [0.717, 1.165) is 39.3 Å². The van der Waals surface area contributed by atoms with E-state index in [1.165, 1.54) is 21.1 Å². The van der Waals surface area contributed by atoms with Crippen molar-refractivity contribution in [2.75, 3.05) is 31.6 Å². The highest BCUT2D eigenvalue weighted by Gasteiger charge is 2.42. The van der Waals surface area contributed by atoms with Gasteiger partial charge in [0, 0.05) is 39.0 Å². The van der Waals surface area contributed by atoms with Gasteiger partial charge in [-0.2, -0.15) is 8.42 Å². The smallest absolute Gasteiger partial charge is 0.329 e. The highest BCUT2D eigenvalue weighted by atomic mass is 32.2. The van der Waals surface area contributed by atoms with Gasteiger partial charge in [-0.25, -0.2) is 8.61 Å². The van der Waals surface area contributed by atoms with Crippen molar-refractivity contribution in [3.8, 4) is 5.75 Å². The number of likely N-dealkylation sites (N-methyl/N-ethyl adjacent to an activating group) is 1. The maximum atomic E-state index is 12.5. The number of carbonyl (C=O) groups excluding carboxylic acids is 2. The number of nitrogens with one attached hydrogen (secondary N) is 1. The molecule has 0 radical (unpaired) electrons. The van der Waals surface area contributed by atoms with Crippen LogP contribution in [0.4, 0.5) is 5.69 Å². The number of rotatable bonds is 5. The van der Waals surface area contributed by atoms with E-state index in [2.05, 4.69) is 14.6 Å². The van der Waals surface area contributed by atoms with Gasteiger partial charge < -0.3 is 15.0 Å². The second-order valence-corrected chi connectivity index (χ2v) is 9.44. The molecule has 1 fully saturated rings. The van der Waals surface area contributed by atoms with Crippen molar-refractivity contribution in [3.05, 3.63) is 29.6 Å². The maximum Gasteiger partial charge on any atom is 0.329 e. The lowest BCUT2D eigenvalue weighted by Crippen LogP contribution is -2.33. The normalized spacial score (nSPS) is 18.7. The molecule has 9 nitrogen and oxygen atoms in total. The van der Waals surface area contributed by atoms with E-state index in [1.807, 2.05) is 12.3 Å². The summed E-state index contributed by atoms with van der Waals surface area (Å²) in [7, 11) is 1.30. The van der Waals surface area contributed by atoms with E-state index in [-0.39, 0.29) is 12.5 Å². The third-order valence-corrected chi connectivity index (χ3v) is 7.17. The summed E-state index contributed by atoms with van der Waals surface area (Å²) >= 11 is 0. The molecule has 1 atom stereocenters. The zero-order valence-electron chi connectivity index (χ0n) is 16.6. The van der Waals surface area contributed by atoms with Crippen LogP contribution in [0.2, 0.25) is 0 Å². The molecular formula is C18H25N4O5PS. The summed E-state index contributed by atoms with van der Waals surface area (Å²) in [5.41, 5.74) is 2.18. The van der Waals surface area contributed by atoms with Crippen LogP contribution in [0.25, 0.3) is 0 Å². The van der Waals surface area contributed by atoms with Crippen LogP contribution in [-0.2, 0) is 26.3 Å². The summed E-state index contributed by atoms with van der Waals surface area (Å²) in [6.45, 7) is 2.48. The Morgan fingerprint density at radius 1 is 1.34 bits per heavy atom. The molecular weight excluding hydrogens is 415 g/mol. The number of allylic oxidation sites excluding steroid dienone is 1. The number of carbonyl (C=O) groups is 2. The second-order valence-electron chi connectivity index (χ2n) is 6.94. The second kappa shape index (κ2) is 8.20. The van der Waals surface area contributed by atoms with E-state index >= 15 is 0 Å². The lowest BCUT2D eigenvalue weighted by molar-refractivity contribution is -0.126. The molecule has 1 aromatic rings. The van der Waals surface area contributed by atoms with Crippen molar-refractivity contribution in [2.45, 2.75) is 26.3 Å². The molecule has 2 aliphatic rings. The molecule has 0 aromatic heterocycles. The molecule has 0 bridgehead atoms. The Morgan fingerprint density at radius 2 is 2.07 bits per heavy atom. The van der Waals surface area contributed by atoms with Crippen LogP contribution in [-0.4, -0.2) is 56.7 Å². The Morgan fingerprint density at radius 3 is 2.66 bits per heavy atom. The first-order valence-electron chi connectivity index (χ1n) is 9.12. The molecule has 29 heavy (non-hydrogen) atoms. The van der Waals surface area contributed by atoms with Gasteiger partial charge in [-0.1, -0.05) is 0 Å². The van der Waals surface area contributed by atoms with Gasteiger partial charge in [0.05, 0.1) is 7.11 Å². The van der Waals surface area contributed by atoms with Crippen molar-refractivity contribution in [2.24, 2.45) is 0 Å². The van der Waals surface area contributed by atoms with Gasteiger partial charge in [0.1, 0.15) is 18.0 Å². The van der Waals surface area contributed by atoms with Crippen LogP contribution in [0, 0.1) is 0 Å². The summed E-state index contributed by atoms with van der Waals surface area (Å²) < 4.78 is 32.3. The predicted octanol–water partition coefficient (Wildman–Crippen LogP) is 0.292. The standard InChI is InChI=1S/C18H25N4O5PS/c1-12(23)21-6-4-5-14(10-21)19-9-13-7-15(27-3)18(16(28)8-13)22-11-17(24)20(2)29(22,25)26/h7-8,10,19H,4-6,9,11,28H2,1-3H3. The van der Waals surface area contributed by atoms with Crippen molar-refractivity contribution in [3.63, 3.8) is 0 Å². The van der Waals surface area contributed by atoms with Gasteiger partial charge in [0.15, 0.2) is 0 Å². The molecule has 1 unspecified atom stereocenters. The van der Waals surface area contributed by atoms with Crippen LogP contribution in [0.3, 0.4) is 0 Å². The zero-order valence-corrected chi connectivity index (χ0v) is 18.6. The summed E-state index contributed by atoms with van der Waals surface area (Å²) in [5, 5.41) is 3.94. The molecule has 2 amide bonds. The Labute approximate surface area is 173 Å². The molecule has 2 heterocycles. The molecule has 11 heteroatoms. The van der Waals surface area contributed by atoms with Gasteiger partial charge in [-0.15, -0.1) is 9.24 Å². The van der Waals surface area contributed by atoms with E-state index in [1.54, 1.807) is 11.0 Å². The van der Waals surface area contributed by atoms with Gasteiger partial charge in [0.25, 0.3) is 5.91 Å². The summed E-state index contributed by atoms with van der Waals surface area (Å²) in [5.74, 6) is -0.126. The zero-order chi connectivity index (χ0) is 21.3. The van der Waals surface area contributed by atoms with Crippen molar-refractivity contribution >= 4 is 42.3 Å². The lowest BCUT2D eigenvalue weighted by Gasteiger charge is -2.25. The molecule has 1 N–H and O–H groups in total. The maximum absolute atomic E-state index is 12.5. The Kier molecular flexibility index (Phi) is 6.05. The van der Waals surface area contributed by atoms with E-state index < -0.39 is 16.1 Å². The van der Waals surface area contributed by atoms with Gasteiger partial charge in [-0.3, -0.25) is 9.59 Å². The first-order chi connectivity index (χ1) is 13.6. The van der Waals surface area contributed by atoms with E-state index in [9.17, 15) is 18.0 Å². The molecule has 158 valence electrons. The highest BCUT2D eigenvalue weighted by molar-refractivity contribution is 7.91. The number of hydrogen-bond donors (Lipinski definition) is 1. The predicted molar refractivity (Wildman–Crippen MR) is 113 cm³/mol. The van der Waals surface area contributed by atoms with Crippen molar-refractivity contribution in [1.29, 1.82) is 0 Å². The minimum absolute atomic E-state index is 0.00797. The van der Waals surface area contributed by atoms with Crippen LogP contribution in [0.5, 0.6) is 5.75 Å². The highest BCUT2D eigenvalue weighted by Crippen LogP contribution is 2.34. The topological polar surface area (TPSA) is 99.3 Å². The van der Waals surface area contributed by atoms with E-state index in [4.69, 9.17) is 4.74 Å². The van der Waals surface area contributed by atoms with Crippen LogP contribution >= 0.6 is 9.24 Å². The summed E-state index contributed by atoms with van der Waals surface area (Å²) in [6, 6.07) is 3.58. The third-order valence-electron chi connectivity index (χ3n) is 4.97. The van der Waals surface area contributed by atoms with E-state index in [0.29, 0.717) is 23.3 Å². The number of benzene rings is 1. The van der Waals surface area contributed by atoms with Gasteiger partial charge in [-0.05, 0) is 35.8 Å². The molecule has 2 aliphatic heterocycles. The van der Waals surface area contributed by atoms with Gasteiger partial charge in [0.2, 0.25) is 5.91 Å². The average Bonchev–Trinajstić information content (AvgIpc) is 2.88. The molecule has 0 saturated carbocycles. The van der Waals surface area contributed by atoms with Crippen molar-refractivity contribution in [1.82, 2.24) is 14.5 Å². The molecule has 3 rings (SSSR count). The Balaban J connectivity index is 1.84. The monoisotopic (exact) mass is 440 g/mol. The Hall–Kier alpha value is -2.32. The largest absolute Gasteiger partial charge is 0.495 e. The summed E-state index contributed by atoms with van der Waals surface area (Å²) in [4.78, 5) is 25.2. The van der Waals surface area contributed by atoms with Crippen LogP contribution in [0.1, 0.15) is 25.3 Å². The van der Waals surface area contributed by atoms with Crippen LogP contribution < -0.4 is 19.7 Å². The first-order valence-corrected chi connectivity index (χ1v) is 11.1. The third kappa shape index (κ3) is 4.18. The fourth-order valence-corrected chi connectivity index (χ4v) is 5.26. The quantitative estimate of drug-likeness (QED) is 0.661. The fraction of sp³-hybridized carbons (Fsp3) is 0.444. The van der Waals surface area contributed by atoms with Gasteiger partial charge >= 0.3 is 10.2 Å². The molecule has 1 aromatic carbocycles. The number of nitrogens with zero attached hydrogens (tertiary/aromatic N) is 3. The minimum Gasteiger partial charge on any atom is -0.495 e. The number of methoxy groups -OCH3 is 1. The first kappa shape index (κ1) is 21.4.